The number of carboxylic acid groups (broad SMARTS) is 1. The first kappa shape index (κ1) is 19.4. The van der Waals surface area contributed by atoms with E-state index < -0.39 is 11.9 Å². The summed E-state index contributed by atoms with van der Waals surface area (Å²) < 4.78 is 0. The molecule has 1 amide bonds. The summed E-state index contributed by atoms with van der Waals surface area (Å²) in [6.07, 6.45) is 0. The molecule has 148 valence electrons. The number of hydrogen-bond acceptors (Lipinski definition) is 5. The quantitative estimate of drug-likeness (QED) is 0.392. The SMILES string of the molecule is O=C(O)c1cc(NC(=O)c2sc(-c3ccccc3)nc2-c2ccccc2)ccc1O. The lowest BCUT2D eigenvalue weighted by molar-refractivity contribution is 0.0693. The number of thiazole rings is 1. The molecule has 0 radical (unpaired) electrons. The number of carbonyl (C=O) groups is 2. The average Bonchev–Trinajstić information content (AvgIpc) is 3.22. The molecular weight excluding hydrogens is 400 g/mol. The zero-order chi connectivity index (χ0) is 21.1. The summed E-state index contributed by atoms with van der Waals surface area (Å²) in [5, 5.41) is 22.3. The number of nitrogens with zero attached hydrogens (tertiary/aromatic N) is 1. The number of benzene rings is 3. The minimum atomic E-state index is -1.28. The molecule has 4 rings (SSSR count). The molecule has 0 aliphatic heterocycles. The van der Waals surface area contributed by atoms with Gasteiger partial charge in [0.05, 0.1) is 5.69 Å². The molecule has 7 heteroatoms. The predicted octanol–water partition coefficient (Wildman–Crippen LogP) is 5.13. The van der Waals surface area contributed by atoms with Crippen molar-refractivity contribution in [3.05, 3.63) is 89.3 Å². The Morgan fingerprint density at radius 3 is 2.13 bits per heavy atom. The van der Waals surface area contributed by atoms with E-state index in [9.17, 15) is 19.8 Å². The Hall–Kier alpha value is -3.97. The van der Waals surface area contributed by atoms with E-state index in [1.54, 1.807) is 0 Å². The Labute approximate surface area is 176 Å². The second-order valence-corrected chi connectivity index (χ2v) is 7.42. The fourth-order valence-corrected chi connectivity index (χ4v) is 3.93. The zero-order valence-electron chi connectivity index (χ0n) is 15.6. The summed E-state index contributed by atoms with van der Waals surface area (Å²) in [5.74, 6) is -2.05. The number of aromatic carboxylic acids is 1. The predicted molar refractivity (Wildman–Crippen MR) is 116 cm³/mol. The summed E-state index contributed by atoms with van der Waals surface area (Å²) in [6, 6.07) is 22.9. The van der Waals surface area contributed by atoms with E-state index in [0.717, 1.165) is 11.1 Å². The highest BCUT2D eigenvalue weighted by molar-refractivity contribution is 7.17. The number of anilines is 1. The highest BCUT2D eigenvalue weighted by atomic mass is 32.1. The molecule has 0 atom stereocenters. The maximum Gasteiger partial charge on any atom is 0.339 e. The van der Waals surface area contributed by atoms with Gasteiger partial charge in [0.2, 0.25) is 0 Å². The molecule has 0 saturated heterocycles. The highest BCUT2D eigenvalue weighted by Crippen LogP contribution is 2.34. The smallest absolute Gasteiger partial charge is 0.339 e. The first-order valence-corrected chi connectivity index (χ1v) is 9.84. The van der Waals surface area contributed by atoms with E-state index in [1.165, 1.54) is 29.5 Å². The Morgan fingerprint density at radius 1 is 0.867 bits per heavy atom. The first-order chi connectivity index (χ1) is 14.5. The molecule has 3 N–H and O–H groups in total. The number of carboxylic acids is 1. The van der Waals surface area contributed by atoms with E-state index in [4.69, 9.17) is 4.98 Å². The molecule has 4 aromatic rings. The van der Waals surface area contributed by atoms with Crippen molar-refractivity contribution in [1.29, 1.82) is 0 Å². The summed E-state index contributed by atoms with van der Waals surface area (Å²) >= 11 is 1.26. The monoisotopic (exact) mass is 416 g/mol. The number of phenols is 1. The van der Waals surface area contributed by atoms with Gasteiger partial charge in [-0.05, 0) is 18.2 Å². The summed E-state index contributed by atoms with van der Waals surface area (Å²) in [6.45, 7) is 0. The normalized spacial score (nSPS) is 10.5. The van der Waals surface area contributed by atoms with Gasteiger partial charge in [-0.3, -0.25) is 4.79 Å². The lowest BCUT2D eigenvalue weighted by Gasteiger charge is -2.07. The second kappa shape index (κ2) is 8.18. The third-order valence-electron chi connectivity index (χ3n) is 4.39. The minimum Gasteiger partial charge on any atom is -0.507 e. The molecule has 3 aromatic carbocycles. The van der Waals surface area contributed by atoms with Crippen molar-refractivity contribution in [2.45, 2.75) is 0 Å². The lowest BCUT2D eigenvalue weighted by Crippen LogP contribution is -2.12. The van der Waals surface area contributed by atoms with Crippen LogP contribution in [0.5, 0.6) is 5.75 Å². The van der Waals surface area contributed by atoms with Crippen LogP contribution in [0.25, 0.3) is 21.8 Å². The van der Waals surface area contributed by atoms with Gasteiger partial charge in [-0.15, -0.1) is 11.3 Å². The van der Waals surface area contributed by atoms with Gasteiger partial charge < -0.3 is 15.5 Å². The van der Waals surface area contributed by atoms with Crippen LogP contribution >= 0.6 is 11.3 Å². The summed E-state index contributed by atoms with van der Waals surface area (Å²) in [4.78, 5) is 29.4. The van der Waals surface area contributed by atoms with Crippen molar-refractivity contribution in [2.24, 2.45) is 0 Å². The van der Waals surface area contributed by atoms with Gasteiger partial charge in [0.1, 0.15) is 21.2 Å². The minimum absolute atomic E-state index is 0.267. The standard InChI is InChI=1S/C23H16N2O4S/c26-18-12-11-16(13-17(18)23(28)29)24-21(27)20-19(14-7-3-1-4-8-14)25-22(30-20)15-9-5-2-6-10-15/h1-13,26H,(H,24,27)(H,28,29). The maximum absolute atomic E-state index is 13.1. The Balaban J connectivity index is 1.74. The molecule has 0 aliphatic carbocycles. The number of rotatable bonds is 5. The molecule has 0 unspecified atom stereocenters. The van der Waals surface area contributed by atoms with Gasteiger partial charge in [-0.1, -0.05) is 60.7 Å². The third-order valence-corrected chi connectivity index (χ3v) is 5.49. The Bertz CT molecular complexity index is 1220. The molecule has 0 bridgehead atoms. The topological polar surface area (TPSA) is 99.5 Å². The van der Waals surface area contributed by atoms with Crippen molar-refractivity contribution in [3.63, 3.8) is 0 Å². The van der Waals surface area contributed by atoms with Gasteiger partial charge in [0.25, 0.3) is 5.91 Å². The van der Waals surface area contributed by atoms with Crippen molar-refractivity contribution >= 4 is 28.9 Å². The van der Waals surface area contributed by atoms with E-state index >= 15 is 0 Å². The molecule has 30 heavy (non-hydrogen) atoms. The first-order valence-electron chi connectivity index (χ1n) is 9.02. The fraction of sp³-hybridized carbons (Fsp3) is 0. The number of amides is 1. The maximum atomic E-state index is 13.1. The van der Waals surface area contributed by atoms with Crippen LogP contribution in [-0.2, 0) is 0 Å². The van der Waals surface area contributed by atoms with Gasteiger partial charge in [0, 0.05) is 16.8 Å². The molecule has 6 nitrogen and oxygen atoms in total. The van der Waals surface area contributed by atoms with Crippen LogP contribution < -0.4 is 5.32 Å². The zero-order valence-corrected chi connectivity index (χ0v) is 16.4. The van der Waals surface area contributed by atoms with Crippen molar-refractivity contribution in [3.8, 4) is 27.6 Å². The second-order valence-electron chi connectivity index (χ2n) is 6.42. The van der Waals surface area contributed by atoms with Crippen LogP contribution in [0.2, 0.25) is 0 Å². The van der Waals surface area contributed by atoms with Crippen molar-refractivity contribution in [1.82, 2.24) is 4.98 Å². The average molecular weight is 416 g/mol. The Kier molecular flexibility index (Phi) is 5.28. The van der Waals surface area contributed by atoms with Crippen LogP contribution in [0, 0.1) is 0 Å². The number of carbonyl (C=O) groups excluding carboxylic acids is 1. The molecule has 1 heterocycles. The van der Waals surface area contributed by atoms with Crippen LogP contribution in [0.15, 0.2) is 78.9 Å². The highest BCUT2D eigenvalue weighted by Gasteiger charge is 2.21. The number of aromatic nitrogens is 1. The van der Waals surface area contributed by atoms with Gasteiger partial charge >= 0.3 is 5.97 Å². The molecule has 0 spiro atoms. The van der Waals surface area contributed by atoms with E-state index in [0.29, 0.717) is 15.6 Å². The van der Waals surface area contributed by atoms with Crippen LogP contribution in [0.3, 0.4) is 0 Å². The number of aromatic hydroxyl groups is 1. The van der Waals surface area contributed by atoms with Gasteiger partial charge in [0.15, 0.2) is 0 Å². The van der Waals surface area contributed by atoms with Crippen molar-refractivity contribution in [2.75, 3.05) is 5.32 Å². The molecular formula is C23H16N2O4S. The van der Waals surface area contributed by atoms with E-state index in [2.05, 4.69) is 5.32 Å². The molecule has 0 saturated carbocycles. The largest absolute Gasteiger partial charge is 0.507 e. The Morgan fingerprint density at radius 2 is 1.50 bits per heavy atom. The van der Waals surface area contributed by atoms with E-state index in [1.807, 2.05) is 60.7 Å². The third kappa shape index (κ3) is 3.92. The van der Waals surface area contributed by atoms with Crippen LogP contribution in [0.1, 0.15) is 20.0 Å². The van der Waals surface area contributed by atoms with E-state index in [-0.39, 0.29) is 17.0 Å². The number of hydrogen-bond donors (Lipinski definition) is 3. The molecule has 0 aliphatic rings. The lowest BCUT2D eigenvalue weighted by atomic mass is 10.1. The molecule has 0 fully saturated rings. The van der Waals surface area contributed by atoms with Crippen LogP contribution in [-0.4, -0.2) is 27.1 Å². The van der Waals surface area contributed by atoms with Gasteiger partial charge in [-0.2, -0.15) is 0 Å². The summed E-state index contributed by atoms with van der Waals surface area (Å²) in [7, 11) is 0. The fourth-order valence-electron chi connectivity index (χ4n) is 2.94. The van der Waals surface area contributed by atoms with Crippen LogP contribution in [0.4, 0.5) is 5.69 Å². The van der Waals surface area contributed by atoms with Gasteiger partial charge in [-0.25, -0.2) is 9.78 Å². The molecule has 1 aromatic heterocycles. The number of nitrogens with one attached hydrogen (secondary N) is 1. The summed E-state index contributed by atoms with van der Waals surface area (Å²) in [5.41, 5.74) is 2.23. The van der Waals surface area contributed by atoms with Crippen molar-refractivity contribution < 1.29 is 19.8 Å².